The monoisotopic (exact) mass is 302 g/mol. The highest BCUT2D eigenvalue weighted by Crippen LogP contribution is 2.13. The van der Waals surface area contributed by atoms with Crippen molar-refractivity contribution in [2.24, 2.45) is 0 Å². The van der Waals surface area contributed by atoms with Crippen LogP contribution in [0.1, 0.15) is 33.0 Å². The smallest absolute Gasteiger partial charge is 0.221 e. The van der Waals surface area contributed by atoms with Gasteiger partial charge in [0.05, 0.1) is 6.54 Å². The molecule has 1 heterocycles. The van der Waals surface area contributed by atoms with Gasteiger partial charge in [-0.15, -0.1) is 0 Å². The second-order valence-corrected chi connectivity index (χ2v) is 5.71. The van der Waals surface area contributed by atoms with E-state index in [4.69, 9.17) is 4.42 Å². The summed E-state index contributed by atoms with van der Waals surface area (Å²) in [5.74, 6) is 0.915. The fourth-order valence-corrected chi connectivity index (χ4v) is 1.68. The molecule has 0 fully saturated rings. The van der Waals surface area contributed by atoms with E-state index in [0.717, 1.165) is 10.4 Å². The lowest BCUT2D eigenvalue weighted by Gasteiger charge is -2.20. The van der Waals surface area contributed by atoms with E-state index in [9.17, 15) is 4.79 Å². The number of hydrogen-bond donors (Lipinski definition) is 2. The van der Waals surface area contributed by atoms with Gasteiger partial charge in [-0.25, -0.2) is 0 Å². The number of furan rings is 1. The van der Waals surface area contributed by atoms with Crippen LogP contribution in [0.15, 0.2) is 21.2 Å². The summed E-state index contributed by atoms with van der Waals surface area (Å²) in [6.07, 6.45) is 0.471. The summed E-state index contributed by atoms with van der Waals surface area (Å²) in [6.45, 7) is 7.19. The molecule has 1 aromatic heterocycles. The Labute approximate surface area is 110 Å². The standard InChI is InChI=1S/C12H19BrN2O2/c1-12(2,3)15-11(16)6-7-14-8-9-4-5-10(13)17-9/h4-5,14H,6-8H2,1-3H3,(H,15,16). The molecular weight excluding hydrogens is 284 g/mol. The van der Waals surface area contributed by atoms with Gasteiger partial charge in [0.25, 0.3) is 0 Å². The minimum atomic E-state index is -0.164. The average Bonchev–Trinajstić information content (AvgIpc) is 2.56. The summed E-state index contributed by atoms with van der Waals surface area (Å²) in [5.41, 5.74) is -0.164. The molecule has 4 nitrogen and oxygen atoms in total. The predicted molar refractivity (Wildman–Crippen MR) is 70.6 cm³/mol. The average molecular weight is 303 g/mol. The Kier molecular flexibility index (Phi) is 5.21. The molecule has 0 unspecified atom stereocenters. The Morgan fingerprint density at radius 3 is 2.65 bits per heavy atom. The van der Waals surface area contributed by atoms with E-state index < -0.39 is 0 Å². The van der Waals surface area contributed by atoms with Crippen molar-refractivity contribution in [2.45, 2.75) is 39.3 Å². The molecule has 0 aromatic carbocycles. The molecule has 1 amide bonds. The Morgan fingerprint density at radius 1 is 1.41 bits per heavy atom. The van der Waals surface area contributed by atoms with Crippen molar-refractivity contribution in [1.82, 2.24) is 10.6 Å². The van der Waals surface area contributed by atoms with Gasteiger partial charge in [-0.1, -0.05) is 0 Å². The van der Waals surface area contributed by atoms with E-state index in [1.165, 1.54) is 0 Å². The number of halogens is 1. The molecule has 96 valence electrons. The van der Waals surface area contributed by atoms with Crippen molar-refractivity contribution in [2.75, 3.05) is 6.54 Å². The van der Waals surface area contributed by atoms with Crippen molar-refractivity contribution in [1.29, 1.82) is 0 Å². The van der Waals surface area contributed by atoms with Crippen LogP contribution < -0.4 is 10.6 Å². The number of amides is 1. The van der Waals surface area contributed by atoms with Gasteiger partial charge in [-0.3, -0.25) is 4.79 Å². The van der Waals surface area contributed by atoms with Crippen molar-refractivity contribution in [3.63, 3.8) is 0 Å². The first-order valence-electron chi connectivity index (χ1n) is 5.63. The normalized spacial score (nSPS) is 11.5. The third kappa shape index (κ3) is 6.48. The molecule has 0 spiro atoms. The second kappa shape index (κ2) is 6.21. The third-order valence-corrected chi connectivity index (χ3v) is 2.40. The van der Waals surface area contributed by atoms with Crippen LogP contribution in [0.3, 0.4) is 0 Å². The molecule has 0 saturated carbocycles. The van der Waals surface area contributed by atoms with E-state index in [-0.39, 0.29) is 11.4 Å². The van der Waals surface area contributed by atoms with Gasteiger partial charge < -0.3 is 15.1 Å². The third-order valence-electron chi connectivity index (χ3n) is 1.97. The fraction of sp³-hybridized carbons (Fsp3) is 0.583. The molecule has 0 bridgehead atoms. The Balaban J connectivity index is 2.14. The van der Waals surface area contributed by atoms with E-state index in [0.29, 0.717) is 19.5 Å². The maximum atomic E-state index is 11.5. The van der Waals surface area contributed by atoms with Crippen molar-refractivity contribution in [3.8, 4) is 0 Å². The number of nitrogens with one attached hydrogen (secondary N) is 2. The van der Waals surface area contributed by atoms with Crippen LogP contribution in [0.2, 0.25) is 0 Å². The van der Waals surface area contributed by atoms with Crippen molar-refractivity contribution in [3.05, 3.63) is 22.6 Å². The van der Waals surface area contributed by atoms with Crippen molar-refractivity contribution >= 4 is 21.8 Å². The molecule has 0 atom stereocenters. The molecule has 0 aliphatic rings. The summed E-state index contributed by atoms with van der Waals surface area (Å²) in [7, 11) is 0. The molecule has 0 aliphatic heterocycles. The first-order chi connectivity index (χ1) is 7.87. The Bertz CT molecular complexity index is 369. The minimum Gasteiger partial charge on any atom is -0.453 e. The van der Waals surface area contributed by atoms with Crippen LogP contribution >= 0.6 is 15.9 Å². The summed E-state index contributed by atoms with van der Waals surface area (Å²) in [6, 6.07) is 3.75. The summed E-state index contributed by atoms with van der Waals surface area (Å²) in [4.78, 5) is 11.5. The fourth-order valence-electron chi connectivity index (χ4n) is 1.34. The van der Waals surface area contributed by atoms with E-state index >= 15 is 0 Å². The first-order valence-corrected chi connectivity index (χ1v) is 6.42. The van der Waals surface area contributed by atoms with Crippen LogP contribution in [0.25, 0.3) is 0 Å². The molecule has 0 aliphatic carbocycles. The van der Waals surface area contributed by atoms with Crippen LogP contribution in [-0.4, -0.2) is 18.0 Å². The lowest BCUT2D eigenvalue weighted by atomic mass is 10.1. The maximum absolute atomic E-state index is 11.5. The highest BCUT2D eigenvalue weighted by atomic mass is 79.9. The summed E-state index contributed by atoms with van der Waals surface area (Å²) >= 11 is 3.24. The molecule has 1 aromatic rings. The molecule has 17 heavy (non-hydrogen) atoms. The van der Waals surface area contributed by atoms with Crippen molar-refractivity contribution < 1.29 is 9.21 Å². The van der Waals surface area contributed by atoms with Crippen LogP contribution in [0, 0.1) is 0 Å². The maximum Gasteiger partial charge on any atom is 0.221 e. The molecule has 0 saturated heterocycles. The van der Waals surface area contributed by atoms with E-state index in [1.807, 2.05) is 32.9 Å². The van der Waals surface area contributed by atoms with Gasteiger partial charge >= 0.3 is 0 Å². The Morgan fingerprint density at radius 2 is 2.12 bits per heavy atom. The van der Waals surface area contributed by atoms with Crippen LogP contribution in [0.5, 0.6) is 0 Å². The zero-order valence-corrected chi connectivity index (χ0v) is 12.1. The number of rotatable bonds is 5. The Hall–Kier alpha value is -0.810. The highest BCUT2D eigenvalue weighted by Gasteiger charge is 2.12. The molecule has 2 N–H and O–H groups in total. The first kappa shape index (κ1) is 14.3. The second-order valence-electron chi connectivity index (χ2n) is 4.93. The minimum absolute atomic E-state index is 0.0608. The van der Waals surface area contributed by atoms with E-state index in [2.05, 4.69) is 26.6 Å². The van der Waals surface area contributed by atoms with Gasteiger partial charge in [-0.2, -0.15) is 0 Å². The number of carbonyl (C=O) groups is 1. The van der Waals surface area contributed by atoms with Gasteiger partial charge in [0.15, 0.2) is 4.67 Å². The van der Waals surface area contributed by atoms with E-state index in [1.54, 1.807) is 0 Å². The number of carbonyl (C=O) groups excluding carboxylic acids is 1. The summed E-state index contributed by atoms with van der Waals surface area (Å²) in [5, 5.41) is 6.07. The lowest BCUT2D eigenvalue weighted by molar-refractivity contribution is -0.122. The topological polar surface area (TPSA) is 54.3 Å². The van der Waals surface area contributed by atoms with Gasteiger partial charge in [0.2, 0.25) is 5.91 Å². The summed E-state index contributed by atoms with van der Waals surface area (Å²) < 4.78 is 6.05. The van der Waals surface area contributed by atoms with Crippen LogP contribution in [-0.2, 0) is 11.3 Å². The quantitative estimate of drug-likeness (QED) is 0.822. The zero-order valence-electron chi connectivity index (χ0n) is 10.5. The number of hydrogen-bond acceptors (Lipinski definition) is 3. The molecule has 1 rings (SSSR count). The lowest BCUT2D eigenvalue weighted by Crippen LogP contribution is -2.41. The predicted octanol–water partition coefficient (Wildman–Crippen LogP) is 2.44. The zero-order chi connectivity index (χ0) is 12.9. The van der Waals surface area contributed by atoms with Gasteiger partial charge in [-0.05, 0) is 48.8 Å². The SMILES string of the molecule is CC(C)(C)NC(=O)CCNCc1ccc(Br)o1. The highest BCUT2D eigenvalue weighted by molar-refractivity contribution is 9.10. The van der Waals surface area contributed by atoms with Gasteiger partial charge in [0, 0.05) is 18.5 Å². The van der Waals surface area contributed by atoms with Gasteiger partial charge in [0.1, 0.15) is 5.76 Å². The molecule has 0 radical (unpaired) electrons. The molecule has 5 heteroatoms. The van der Waals surface area contributed by atoms with Crippen LogP contribution in [0.4, 0.5) is 0 Å². The largest absolute Gasteiger partial charge is 0.453 e. The molecular formula is C12H19BrN2O2.